The zero-order valence-corrected chi connectivity index (χ0v) is 11.0. The molecule has 0 spiro atoms. The first-order chi connectivity index (χ1) is 8.38. The van der Waals surface area contributed by atoms with Gasteiger partial charge in [-0.3, -0.25) is 4.90 Å². The maximum absolute atomic E-state index is 5.82. The van der Waals surface area contributed by atoms with E-state index in [9.17, 15) is 0 Å². The summed E-state index contributed by atoms with van der Waals surface area (Å²) in [7, 11) is 0. The van der Waals surface area contributed by atoms with Gasteiger partial charge in [0.05, 0.1) is 6.10 Å². The molecule has 0 aromatic carbocycles. The highest BCUT2D eigenvalue weighted by Crippen LogP contribution is 2.32. The van der Waals surface area contributed by atoms with Gasteiger partial charge >= 0.3 is 0 Å². The largest absolute Gasteiger partial charge is 0.378 e. The molecule has 3 saturated heterocycles. The minimum absolute atomic E-state index is 0.517. The minimum Gasteiger partial charge on any atom is -0.378 e. The van der Waals surface area contributed by atoms with Crippen molar-refractivity contribution >= 4 is 0 Å². The molecule has 0 aromatic rings. The number of fused-ring (bicyclic) bond motifs is 1. The molecule has 3 fully saturated rings. The van der Waals surface area contributed by atoms with Gasteiger partial charge < -0.3 is 10.1 Å². The van der Waals surface area contributed by atoms with Crippen LogP contribution in [0.15, 0.2) is 0 Å². The van der Waals surface area contributed by atoms with Crippen molar-refractivity contribution in [3.8, 4) is 0 Å². The number of rotatable bonds is 2. The SMILES string of the molecule is CCC1CC(N2CCCC3CNCC32)CCO1. The van der Waals surface area contributed by atoms with Crippen LogP contribution < -0.4 is 5.32 Å². The summed E-state index contributed by atoms with van der Waals surface area (Å²) in [4.78, 5) is 2.82. The molecule has 98 valence electrons. The van der Waals surface area contributed by atoms with Crippen molar-refractivity contribution in [2.45, 2.75) is 57.2 Å². The number of hydrogen-bond acceptors (Lipinski definition) is 3. The fraction of sp³-hybridized carbons (Fsp3) is 1.00. The van der Waals surface area contributed by atoms with Crippen molar-refractivity contribution < 1.29 is 4.74 Å². The van der Waals surface area contributed by atoms with Crippen LogP contribution in [-0.4, -0.2) is 49.3 Å². The highest BCUT2D eigenvalue weighted by Gasteiger charge is 2.39. The van der Waals surface area contributed by atoms with Crippen LogP contribution in [0.2, 0.25) is 0 Å². The van der Waals surface area contributed by atoms with E-state index in [0.29, 0.717) is 6.10 Å². The Hall–Kier alpha value is -0.120. The van der Waals surface area contributed by atoms with Crippen molar-refractivity contribution in [3.05, 3.63) is 0 Å². The van der Waals surface area contributed by atoms with E-state index in [0.717, 1.165) is 24.6 Å². The topological polar surface area (TPSA) is 24.5 Å². The summed E-state index contributed by atoms with van der Waals surface area (Å²) in [5.41, 5.74) is 0. The summed E-state index contributed by atoms with van der Waals surface area (Å²) >= 11 is 0. The summed E-state index contributed by atoms with van der Waals surface area (Å²) in [6.07, 6.45) is 7.05. The summed E-state index contributed by atoms with van der Waals surface area (Å²) < 4.78 is 5.82. The third-order valence-electron chi connectivity index (χ3n) is 4.99. The molecule has 0 aromatic heterocycles. The molecular formula is C14H26N2O. The van der Waals surface area contributed by atoms with Crippen LogP contribution in [-0.2, 0) is 4.74 Å². The zero-order valence-electron chi connectivity index (χ0n) is 11.0. The van der Waals surface area contributed by atoms with Crippen LogP contribution >= 0.6 is 0 Å². The number of hydrogen-bond donors (Lipinski definition) is 1. The normalized spacial score (nSPS) is 43.6. The highest BCUT2D eigenvalue weighted by atomic mass is 16.5. The maximum Gasteiger partial charge on any atom is 0.0587 e. The van der Waals surface area contributed by atoms with Gasteiger partial charge in [0.2, 0.25) is 0 Å². The molecule has 4 atom stereocenters. The van der Waals surface area contributed by atoms with Crippen molar-refractivity contribution in [2.75, 3.05) is 26.2 Å². The molecule has 0 radical (unpaired) electrons. The molecule has 3 rings (SSSR count). The van der Waals surface area contributed by atoms with Gasteiger partial charge in [0.25, 0.3) is 0 Å². The molecule has 17 heavy (non-hydrogen) atoms. The molecule has 0 amide bonds. The lowest BCUT2D eigenvalue weighted by Gasteiger charge is -2.45. The van der Waals surface area contributed by atoms with Crippen LogP contribution in [0, 0.1) is 5.92 Å². The number of nitrogens with zero attached hydrogens (tertiary/aromatic N) is 1. The van der Waals surface area contributed by atoms with Gasteiger partial charge in [-0.2, -0.15) is 0 Å². The third-order valence-corrected chi connectivity index (χ3v) is 4.99. The van der Waals surface area contributed by atoms with Gasteiger partial charge in [-0.05, 0) is 51.1 Å². The van der Waals surface area contributed by atoms with E-state index in [1.54, 1.807) is 0 Å². The van der Waals surface area contributed by atoms with Crippen molar-refractivity contribution in [1.82, 2.24) is 10.2 Å². The van der Waals surface area contributed by atoms with E-state index in [2.05, 4.69) is 17.1 Å². The molecule has 0 aliphatic carbocycles. The molecule has 1 N–H and O–H groups in total. The summed E-state index contributed by atoms with van der Waals surface area (Å²) in [5, 5.41) is 3.59. The van der Waals surface area contributed by atoms with Gasteiger partial charge in [0.1, 0.15) is 0 Å². The predicted molar refractivity (Wildman–Crippen MR) is 69.1 cm³/mol. The standard InChI is InChI=1S/C14H26N2O/c1-2-13-8-12(5-7-17-13)16-6-3-4-11-9-15-10-14(11)16/h11-15H,2-10H2,1H3. The molecule has 4 unspecified atom stereocenters. The lowest BCUT2D eigenvalue weighted by molar-refractivity contribution is -0.0473. The molecule has 3 heteroatoms. The Morgan fingerprint density at radius 1 is 1.29 bits per heavy atom. The van der Waals surface area contributed by atoms with Gasteiger partial charge in [-0.25, -0.2) is 0 Å². The Labute approximate surface area is 105 Å². The van der Waals surface area contributed by atoms with Gasteiger partial charge in [-0.15, -0.1) is 0 Å². The smallest absolute Gasteiger partial charge is 0.0587 e. The Morgan fingerprint density at radius 3 is 3.12 bits per heavy atom. The Bertz CT molecular complexity index is 259. The molecule has 0 saturated carbocycles. The molecular weight excluding hydrogens is 212 g/mol. The molecule has 3 heterocycles. The first-order valence-electron chi connectivity index (χ1n) is 7.46. The summed E-state index contributed by atoms with van der Waals surface area (Å²) in [5.74, 6) is 0.923. The minimum atomic E-state index is 0.517. The molecule has 0 bridgehead atoms. The Balaban J connectivity index is 1.65. The Kier molecular flexibility index (Phi) is 3.69. The van der Waals surface area contributed by atoms with E-state index in [-0.39, 0.29) is 0 Å². The fourth-order valence-electron chi connectivity index (χ4n) is 4.00. The highest BCUT2D eigenvalue weighted by molar-refractivity contribution is 4.95. The van der Waals surface area contributed by atoms with Crippen LogP contribution in [0.5, 0.6) is 0 Å². The maximum atomic E-state index is 5.82. The second kappa shape index (κ2) is 5.25. The molecule has 3 nitrogen and oxygen atoms in total. The van der Waals surface area contributed by atoms with Crippen molar-refractivity contribution in [1.29, 1.82) is 0 Å². The van der Waals surface area contributed by atoms with Crippen molar-refractivity contribution in [3.63, 3.8) is 0 Å². The lowest BCUT2D eigenvalue weighted by atomic mass is 9.88. The van der Waals surface area contributed by atoms with E-state index < -0.39 is 0 Å². The Morgan fingerprint density at radius 2 is 2.24 bits per heavy atom. The van der Waals surface area contributed by atoms with Crippen LogP contribution in [0.3, 0.4) is 0 Å². The monoisotopic (exact) mass is 238 g/mol. The molecule has 3 aliphatic heterocycles. The average Bonchev–Trinajstić information content (AvgIpc) is 2.87. The lowest BCUT2D eigenvalue weighted by Crippen LogP contribution is -2.53. The second-order valence-electron chi connectivity index (χ2n) is 5.94. The average molecular weight is 238 g/mol. The first kappa shape index (κ1) is 11.9. The van der Waals surface area contributed by atoms with E-state index in [4.69, 9.17) is 4.74 Å². The van der Waals surface area contributed by atoms with Gasteiger partial charge in [-0.1, -0.05) is 6.92 Å². The van der Waals surface area contributed by atoms with E-state index in [1.807, 2.05) is 0 Å². The quantitative estimate of drug-likeness (QED) is 0.791. The fourth-order valence-corrected chi connectivity index (χ4v) is 4.00. The first-order valence-corrected chi connectivity index (χ1v) is 7.46. The second-order valence-corrected chi connectivity index (χ2v) is 5.94. The number of nitrogens with one attached hydrogen (secondary N) is 1. The summed E-state index contributed by atoms with van der Waals surface area (Å²) in [6, 6.07) is 1.62. The number of likely N-dealkylation sites (tertiary alicyclic amines) is 1. The van der Waals surface area contributed by atoms with Crippen LogP contribution in [0.4, 0.5) is 0 Å². The van der Waals surface area contributed by atoms with Gasteiger partial charge in [0.15, 0.2) is 0 Å². The molecule has 3 aliphatic rings. The van der Waals surface area contributed by atoms with Crippen LogP contribution in [0.1, 0.15) is 39.0 Å². The van der Waals surface area contributed by atoms with Crippen LogP contribution in [0.25, 0.3) is 0 Å². The predicted octanol–water partition coefficient (Wildman–Crippen LogP) is 1.63. The van der Waals surface area contributed by atoms with E-state index >= 15 is 0 Å². The van der Waals surface area contributed by atoms with E-state index in [1.165, 1.54) is 51.7 Å². The number of ether oxygens (including phenoxy) is 1. The number of piperidine rings is 1. The summed E-state index contributed by atoms with van der Waals surface area (Å²) in [6.45, 7) is 7.03. The van der Waals surface area contributed by atoms with Crippen molar-refractivity contribution in [2.24, 2.45) is 5.92 Å². The third kappa shape index (κ3) is 2.38. The zero-order chi connectivity index (χ0) is 11.7. The van der Waals surface area contributed by atoms with Gasteiger partial charge in [0, 0.05) is 25.2 Å².